The van der Waals surface area contributed by atoms with Crippen LogP contribution in [0.25, 0.3) is 0 Å². The van der Waals surface area contributed by atoms with Gasteiger partial charge in [0.25, 0.3) is 0 Å². The number of hydrogen-bond acceptors (Lipinski definition) is 4. The van der Waals surface area contributed by atoms with Crippen LogP contribution in [0.1, 0.15) is 0 Å². The highest BCUT2D eigenvalue weighted by atomic mass is 32.2. The van der Waals surface area contributed by atoms with Gasteiger partial charge in [-0.2, -0.15) is 0 Å². The highest BCUT2D eigenvalue weighted by Gasteiger charge is 2.02. The zero-order chi connectivity index (χ0) is 7.28. The second-order valence-corrected chi connectivity index (χ2v) is 2.12. The molecule has 0 aromatic carbocycles. The fraction of sp³-hybridized carbons (Fsp3) is 1.00. The standard InChI is InChI=1S/C3H9NO4S/c5-1-3(2-6)4-9(7)8/h3-6H,1-2H2,(H,7,8)/p-1. The molecular formula is C3H8NO4S-. The fourth-order valence-electron chi connectivity index (χ4n) is 0.268. The smallest absolute Gasteiger partial charge is 0.0646 e. The lowest BCUT2D eigenvalue weighted by Gasteiger charge is -2.13. The molecule has 6 heteroatoms. The molecule has 3 N–H and O–H groups in total. The van der Waals surface area contributed by atoms with Gasteiger partial charge in [-0.05, 0) is 0 Å². The summed E-state index contributed by atoms with van der Waals surface area (Å²) in [5.74, 6) is 0. The van der Waals surface area contributed by atoms with E-state index in [1.165, 1.54) is 0 Å². The van der Waals surface area contributed by atoms with Crippen molar-refractivity contribution in [1.82, 2.24) is 4.72 Å². The zero-order valence-electron chi connectivity index (χ0n) is 4.61. The van der Waals surface area contributed by atoms with Gasteiger partial charge in [-0.15, -0.1) is 0 Å². The molecule has 9 heavy (non-hydrogen) atoms. The molecule has 0 aliphatic heterocycles. The van der Waals surface area contributed by atoms with Crippen molar-refractivity contribution in [3.63, 3.8) is 0 Å². The molecule has 0 fully saturated rings. The van der Waals surface area contributed by atoms with Crippen LogP contribution in [0.2, 0.25) is 0 Å². The maximum Gasteiger partial charge on any atom is 0.0646 e. The molecule has 0 aromatic heterocycles. The van der Waals surface area contributed by atoms with Gasteiger partial charge in [0.05, 0.1) is 19.3 Å². The maximum atomic E-state index is 9.79. The Morgan fingerprint density at radius 2 is 2.00 bits per heavy atom. The maximum absolute atomic E-state index is 9.79. The van der Waals surface area contributed by atoms with E-state index in [1.54, 1.807) is 0 Å². The van der Waals surface area contributed by atoms with Crippen LogP contribution in [-0.4, -0.2) is 38.2 Å². The van der Waals surface area contributed by atoms with Crippen LogP contribution in [0.15, 0.2) is 0 Å². The summed E-state index contributed by atoms with van der Waals surface area (Å²) in [5.41, 5.74) is 0. The van der Waals surface area contributed by atoms with Gasteiger partial charge >= 0.3 is 0 Å². The van der Waals surface area contributed by atoms with Gasteiger partial charge in [-0.1, -0.05) is 0 Å². The molecule has 0 saturated heterocycles. The first kappa shape index (κ1) is 8.99. The summed E-state index contributed by atoms with van der Waals surface area (Å²) in [6.45, 7) is -0.797. The second kappa shape index (κ2) is 4.83. The van der Waals surface area contributed by atoms with Crippen LogP contribution in [0, 0.1) is 0 Å². The predicted molar refractivity (Wildman–Crippen MR) is 30.0 cm³/mol. The molecular weight excluding hydrogens is 146 g/mol. The van der Waals surface area contributed by atoms with Crippen molar-refractivity contribution in [3.05, 3.63) is 0 Å². The predicted octanol–water partition coefficient (Wildman–Crippen LogP) is -2.28. The SMILES string of the molecule is O=S([O-])NC(CO)CO. The highest BCUT2D eigenvalue weighted by Crippen LogP contribution is 1.78. The normalized spacial score (nSPS) is 14.2. The van der Waals surface area contributed by atoms with Gasteiger partial charge in [0.2, 0.25) is 0 Å². The number of aliphatic hydroxyl groups excluding tert-OH is 2. The molecule has 5 nitrogen and oxygen atoms in total. The van der Waals surface area contributed by atoms with E-state index in [9.17, 15) is 8.76 Å². The Morgan fingerprint density at radius 3 is 2.11 bits per heavy atom. The van der Waals surface area contributed by atoms with Gasteiger partial charge in [-0.25, -0.2) is 4.72 Å². The fourth-order valence-corrected chi connectivity index (χ4v) is 0.690. The summed E-state index contributed by atoms with van der Waals surface area (Å²) in [7, 11) is 0. The van der Waals surface area contributed by atoms with Gasteiger partial charge in [0.1, 0.15) is 0 Å². The van der Waals surface area contributed by atoms with E-state index in [0.29, 0.717) is 0 Å². The summed E-state index contributed by atoms with van der Waals surface area (Å²) in [5, 5.41) is 16.6. The lowest BCUT2D eigenvalue weighted by atomic mass is 10.4. The van der Waals surface area contributed by atoms with Crippen molar-refractivity contribution in [2.45, 2.75) is 6.04 Å². The van der Waals surface area contributed by atoms with Crippen molar-refractivity contribution in [3.8, 4) is 0 Å². The van der Waals surface area contributed by atoms with E-state index in [2.05, 4.69) is 0 Å². The molecule has 1 unspecified atom stereocenters. The number of rotatable bonds is 4. The quantitative estimate of drug-likeness (QED) is 0.398. The first-order valence-electron chi connectivity index (χ1n) is 2.28. The molecule has 1 atom stereocenters. The number of nitrogens with one attached hydrogen (secondary N) is 1. The van der Waals surface area contributed by atoms with Gasteiger partial charge < -0.3 is 14.8 Å². The van der Waals surface area contributed by atoms with E-state index in [-0.39, 0.29) is 0 Å². The van der Waals surface area contributed by atoms with Crippen LogP contribution in [0.4, 0.5) is 0 Å². The third-order valence-corrected chi connectivity index (χ3v) is 1.23. The molecule has 0 aliphatic carbocycles. The largest absolute Gasteiger partial charge is 0.760 e. The summed E-state index contributed by atoms with van der Waals surface area (Å²) >= 11 is -2.42. The molecule has 0 aromatic rings. The molecule has 0 radical (unpaired) electrons. The van der Waals surface area contributed by atoms with E-state index in [4.69, 9.17) is 10.2 Å². The van der Waals surface area contributed by atoms with Crippen molar-refractivity contribution >= 4 is 11.3 Å². The Balaban J connectivity index is 3.43. The van der Waals surface area contributed by atoms with Crippen LogP contribution < -0.4 is 4.72 Å². The van der Waals surface area contributed by atoms with E-state index in [1.807, 2.05) is 4.72 Å². The van der Waals surface area contributed by atoms with Gasteiger partial charge in [-0.3, -0.25) is 4.21 Å². The molecule has 0 aliphatic rings. The van der Waals surface area contributed by atoms with E-state index >= 15 is 0 Å². The molecule has 0 spiro atoms. The van der Waals surface area contributed by atoms with Crippen molar-refractivity contribution < 1.29 is 19.0 Å². The van der Waals surface area contributed by atoms with Crippen LogP contribution in [0.5, 0.6) is 0 Å². The third-order valence-electron chi connectivity index (χ3n) is 0.704. The number of hydrogen-bond donors (Lipinski definition) is 3. The summed E-state index contributed by atoms with van der Waals surface area (Å²) in [6.07, 6.45) is 0. The highest BCUT2D eigenvalue weighted by molar-refractivity contribution is 7.77. The topological polar surface area (TPSA) is 92.6 Å². The Morgan fingerprint density at radius 1 is 1.56 bits per heavy atom. The van der Waals surface area contributed by atoms with Crippen LogP contribution in [-0.2, 0) is 11.3 Å². The third kappa shape index (κ3) is 4.49. The minimum absolute atomic E-state index is 0.398. The Hall–Kier alpha value is -0.0100. The zero-order valence-corrected chi connectivity index (χ0v) is 5.43. The molecule has 0 amide bonds. The van der Waals surface area contributed by atoms with Gasteiger partial charge in [0, 0.05) is 11.3 Å². The minimum atomic E-state index is -2.42. The minimum Gasteiger partial charge on any atom is -0.760 e. The lowest BCUT2D eigenvalue weighted by molar-refractivity contribution is 0.184. The first-order valence-corrected chi connectivity index (χ1v) is 3.35. The average Bonchev–Trinajstić information content (AvgIpc) is 1.82. The number of aliphatic hydroxyl groups is 2. The van der Waals surface area contributed by atoms with Gasteiger partial charge in [0.15, 0.2) is 0 Å². The summed E-state index contributed by atoms with van der Waals surface area (Å²) in [6, 6.07) is -0.775. The van der Waals surface area contributed by atoms with E-state index < -0.39 is 30.5 Å². The molecule has 0 bridgehead atoms. The summed E-state index contributed by atoms with van der Waals surface area (Å²) in [4.78, 5) is 0. The molecule has 0 heterocycles. The monoisotopic (exact) mass is 154 g/mol. The Labute approximate surface area is 55.1 Å². The van der Waals surface area contributed by atoms with Crippen LogP contribution in [0.3, 0.4) is 0 Å². The average molecular weight is 154 g/mol. The Kier molecular flexibility index (Phi) is 4.83. The van der Waals surface area contributed by atoms with Crippen molar-refractivity contribution in [2.24, 2.45) is 0 Å². The van der Waals surface area contributed by atoms with Crippen molar-refractivity contribution in [2.75, 3.05) is 13.2 Å². The van der Waals surface area contributed by atoms with Crippen LogP contribution >= 0.6 is 0 Å². The Bertz CT molecular complexity index is 93.8. The molecule has 0 saturated carbocycles. The summed E-state index contributed by atoms with van der Waals surface area (Å²) < 4.78 is 21.5. The van der Waals surface area contributed by atoms with Crippen molar-refractivity contribution in [1.29, 1.82) is 0 Å². The first-order chi connectivity index (χ1) is 4.20. The second-order valence-electron chi connectivity index (χ2n) is 1.41. The molecule has 56 valence electrons. The lowest BCUT2D eigenvalue weighted by Crippen LogP contribution is -2.36. The van der Waals surface area contributed by atoms with E-state index in [0.717, 1.165) is 0 Å². The molecule has 0 rings (SSSR count).